The Morgan fingerprint density at radius 1 is 1.26 bits per heavy atom. The summed E-state index contributed by atoms with van der Waals surface area (Å²) in [5.74, 6) is 0.191. The van der Waals surface area contributed by atoms with Gasteiger partial charge in [0.05, 0.1) is 6.04 Å². The van der Waals surface area contributed by atoms with Crippen molar-refractivity contribution in [3.63, 3.8) is 0 Å². The molecule has 1 aliphatic rings. The third-order valence-electron chi connectivity index (χ3n) is 2.97. The Morgan fingerprint density at radius 3 is 2.42 bits per heavy atom. The number of hydrogen-bond acceptors (Lipinski definition) is 4. The van der Waals surface area contributed by atoms with Crippen LogP contribution in [0.5, 0.6) is 0 Å². The van der Waals surface area contributed by atoms with Crippen molar-refractivity contribution in [1.82, 2.24) is 15.2 Å². The van der Waals surface area contributed by atoms with Crippen LogP contribution in [0.15, 0.2) is 18.3 Å². The molecule has 0 amide bonds. The topological polar surface area (TPSA) is 54.2 Å². The number of nitrogens with one attached hydrogen (secondary N) is 1. The first kappa shape index (κ1) is 18.3. The van der Waals surface area contributed by atoms with Crippen molar-refractivity contribution < 1.29 is 8.78 Å². The molecule has 1 fully saturated rings. The second kappa shape index (κ2) is 8.47. The minimum atomic E-state index is -2.46. The lowest BCUT2D eigenvalue weighted by Gasteiger charge is -2.34. The van der Waals surface area contributed by atoms with Gasteiger partial charge in [0.1, 0.15) is 5.82 Å². The fraction of sp³-hybridized carbons (Fsp3) is 0.545. The molecule has 1 aromatic heterocycles. The molecule has 0 spiro atoms. The second-order valence-electron chi connectivity index (χ2n) is 4.04. The Morgan fingerprint density at radius 2 is 1.89 bits per heavy atom. The Labute approximate surface area is 123 Å². The predicted octanol–water partition coefficient (Wildman–Crippen LogP) is 1.72. The van der Waals surface area contributed by atoms with E-state index in [1.807, 2.05) is 0 Å². The van der Waals surface area contributed by atoms with Gasteiger partial charge in [-0.1, -0.05) is 6.07 Å². The molecule has 0 unspecified atom stereocenters. The number of hydrogen-bond donors (Lipinski definition) is 2. The molecule has 1 atom stereocenters. The smallest absolute Gasteiger partial charge is 0.258 e. The second-order valence-corrected chi connectivity index (χ2v) is 4.04. The Bertz CT molecular complexity index is 375. The number of halogens is 4. The average Bonchev–Trinajstić information content (AvgIpc) is 2.33. The fourth-order valence-electron chi connectivity index (χ4n) is 2.13. The number of alkyl halides is 2. The number of piperazine rings is 1. The van der Waals surface area contributed by atoms with Crippen LogP contribution < -0.4 is 11.1 Å². The van der Waals surface area contributed by atoms with Crippen molar-refractivity contribution in [2.24, 2.45) is 0 Å². The summed E-state index contributed by atoms with van der Waals surface area (Å²) in [6.45, 7) is 2.65. The molecule has 0 bridgehead atoms. The zero-order valence-corrected chi connectivity index (χ0v) is 11.9. The van der Waals surface area contributed by atoms with E-state index in [4.69, 9.17) is 5.73 Å². The van der Waals surface area contributed by atoms with Gasteiger partial charge >= 0.3 is 0 Å². The molecule has 0 saturated carbocycles. The van der Waals surface area contributed by atoms with Gasteiger partial charge in [0.25, 0.3) is 6.43 Å². The van der Waals surface area contributed by atoms with Crippen LogP contribution in [-0.4, -0.2) is 42.5 Å². The number of anilines is 1. The van der Waals surface area contributed by atoms with Gasteiger partial charge in [-0.05, 0) is 6.07 Å². The highest BCUT2D eigenvalue weighted by molar-refractivity contribution is 5.85. The maximum atomic E-state index is 13.2. The quantitative estimate of drug-likeness (QED) is 0.892. The zero-order chi connectivity index (χ0) is 12.3. The number of rotatable bonds is 3. The first-order valence-corrected chi connectivity index (χ1v) is 5.63. The van der Waals surface area contributed by atoms with Crippen molar-refractivity contribution in [3.8, 4) is 0 Å². The van der Waals surface area contributed by atoms with Gasteiger partial charge in [-0.25, -0.2) is 13.8 Å². The largest absolute Gasteiger partial charge is 0.383 e. The summed E-state index contributed by atoms with van der Waals surface area (Å²) in [5.41, 5.74) is 6.10. The Hall–Kier alpha value is -0.690. The van der Waals surface area contributed by atoms with E-state index in [9.17, 15) is 8.78 Å². The lowest BCUT2D eigenvalue weighted by atomic mass is 10.1. The number of nitrogen functional groups attached to an aromatic ring is 1. The molecule has 8 heteroatoms. The third-order valence-corrected chi connectivity index (χ3v) is 2.97. The minimum Gasteiger partial charge on any atom is -0.383 e. The van der Waals surface area contributed by atoms with Crippen LogP contribution in [0.3, 0.4) is 0 Å². The number of aromatic nitrogens is 1. The van der Waals surface area contributed by atoms with Gasteiger partial charge in [0.15, 0.2) is 0 Å². The fourth-order valence-corrected chi connectivity index (χ4v) is 2.13. The molecule has 2 heterocycles. The van der Waals surface area contributed by atoms with Crippen molar-refractivity contribution >= 4 is 30.6 Å². The van der Waals surface area contributed by atoms with Crippen molar-refractivity contribution in [1.29, 1.82) is 0 Å². The van der Waals surface area contributed by atoms with E-state index in [1.54, 1.807) is 17.0 Å². The normalized spacial score (nSPS) is 17.4. The molecule has 110 valence electrons. The van der Waals surface area contributed by atoms with E-state index in [0.29, 0.717) is 18.7 Å². The van der Waals surface area contributed by atoms with E-state index >= 15 is 0 Å². The molecular weight excluding hydrogens is 297 g/mol. The molecule has 0 radical (unpaired) electrons. The lowest BCUT2D eigenvalue weighted by Crippen LogP contribution is -2.47. The number of pyridine rings is 1. The SMILES string of the molecule is Cl.Cl.Nc1ncccc1[C@@H](C(F)F)N1CCNCC1. The van der Waals surface area contributed by atoms with Crippen LogP contribution >= 0.6 is 24.8 Å². The molecule has 1 aliphatic heterocycles. The molecule has 0 aliphatic carbocycles. The van der Waals surface area contributed by atoms with Gasteiger partial charge in [-0.3, -0.25) is 4.90 Å². The van der Waals surface area contributed by atoms with E-state index < -0.39 is 12.5 Å². The highest BCUT2D eigenvalue weighted by Gasteiger charge is 2.31. The first-order valence-electron chi connectivity index (χ1n) is 5.63. The minimum absolute atomic E-state index is 0. The lowest BCUT2D eigenvalue weighted by molar-refractivity contribution is 0.0184. The molecule has 19 heavy (non-hydrogen) atoms. The first-order chi connectivity index (χ1) is 8.20. The van der Waals surface area contributed by atoms with E-state index in [0.717, 1.165) is 13.1 Å². The van der Waals surface area contributed by atoms with Crippen LogP contribution in [0.1, 0.15) is 11.6 Å². The van der Waals surface area contributed by atoms with Crippen LogP contribution in [0.2, 0.25) is 0 Å². The van der Waals surface area contributed by atoms with Crippen molar-refractivity contribution in [2.45, 2.75) is 12.5 Å². The maximum absolute atomic E-state index is 13.2. The van der Waals surface area contributed by atoms with Crippen LogP contribution in [0, 0.1) is 0 Å². The Balaban J connectivity index is 0.00000162. The number of nitrogens with two attached hydrogens (primary N) is 1. The van der Waals surface area contributed by atoms with E-state index in [1.165, 1.54) is 6.20 Å². The highest BCUT2D eigenvalue weighted by Crippen LogP contribution is 2.30. The summed E-state index contributed by atoms with van der Waals surface area (Å²) in [4.78, 5) is 5.64. The van der Waals surface area contributed by atoms with Crippen molar-refractivity contribution in [2.75, 3.05) is 31.9 Å². The van der Waals surface area contributed by atoms with Crippen LogP contribution in [0.4, 0.5) is 14.6 Å². The van der Waals surface area contributed by atoms with Crippen molar-refractivity contribution in [3.05, 3.63) is 23.9 Å². The Kier molecular flexibility index (Phi) is 8.17. The molecule has 4 nitrogen and oxygen atoms in total. The molecule has 3 N–H and O–H groups in total. The predicted molar refractivity (Wildman–Crippen MR) is 76.3 cm³/mol. The summed E-state index contributed by atoms with van der Waals surface area (Å²) < 4.78 is 26.4. The summed E-state index contributed by atoms with van der Waals surface area (Å²) >= 11 is 0. The molecule has 1 saturated heterocycles. The molecular formula is C11H18Cl2F2N4. The van der Waals surface area contributed by atoms with E-state index in [-0.39, 0.29) is 30.6 Å². The van der Waals surface area contributed by atoms with Gasteiger partial charge in [-0.15, -0.1) is 24.8 Å². The monoisotopic (exact) mass is 314 g/mol. The van der Waals surface area contributed by atoms with Gasteiger partial charge in [-0.2, -0.15) is 0 Å². The van der Waals surface area contributed by atoms with Crippen LogP contribution in [-0.2, 0) is 0 Å². The van der Waals surface area contributed by atoms with Gasteiger partial charge in [0, 0.05) is 37.9 Å². The van der Waals surface area contributed by atoms with Crippen LogP contribution in [0.25, 0.3) is 0 Å². The zero-order valence-electron chi connectivity index (χ0n) is 10.3. The standard InChI is InChI=1S/C11H16F2N4.2ClH/c12-10(13)9(17-6-4-15-5-7-17)8-2-1-3-16-11(8)14;;/h1-3,9-10,15H,4-7H2,(H2,14,16);2*1H/t9-;;/m0../s1. The highest BCUT2D eigenvalue weighted by atomic mass is 35.5. The number of nitrogens with zero attached hydrogens (tertiary/aromatic N) is 2. The van der Waals surface area contributed by atoms with E-state index in [2.05, 4.69) is 10.3 Å². The summed E-state index contributed by atoms with van der Waals surface area (Å²) in [6, 6.07) is 2.32. The van der Waals surface area contributed by atoms with Gasteiger partial charge < -0.3 is 11.1 Å². The van der Waals surface area contributed by atoms with Gasteiger partial charge in [0.2, 0.25) is 0 Å². The molecule has 1 aromatic rings. The summed E-state index contributed by atoms with van der Waals surface area (Å²) in [5, 5.41) is 3.14. The average molecular weight is 315 g/mol. The summed E-state index contributed by atoms with van der Waals surface area (Å²) in [7, 11) is 0. The summed E-state index contributed by atoms with van der Waals surface area (Å²) in [6.07, 6.45) is -0.946. The third kappa shape index (κ3) is 4.42. The maximum Gasteiger partial charge on any atom is 0.258 e. The molecule has 0 aromatic carbocycles. The molecule has 2 rings (SSSR count).